The highest BCUT2D eigenvalue weighted by atomic mass is 35.5. The van der Waals surface area contributed by atoms with Gasteiger partial charge in [-0.2, -0.15) is 26.3 Å². The molecule has 1 aliphatic heterocycles. The van der Waals surface area contributed by atoms with E-state index in [0.29, 0.717) is 32.2 Å². The van der Waals surface area contributed by atoms with Crippen LogP contribution in [-0.2, 0) is 12.4 Å². The molecule has 1 atom stereocenters. The highest BCUT2D eigenvalue weighted by molar-refractivity contribution is 5.85. The first-order valence-corrected chi connectivity index (χ1v) is 6.93. The standard InChI is InChI=1S/C14H15F7N2.2ClH/c15-8-12(23-5-3-22-4-6-23)10-2-1-9(13(16,17)18)7-11(10)14(19,20)21;;/h1-2,7,12,22H,3-6,8H2;2*1H/t12-;;/m0../s1. The largest absolute Gasteiger partial charge is 0.416 e. The minimum Gasteiger partial charge on any atom is -0.314 e. The van der Waals surface area contributed by atoms with Crippen LogP contribution in [-0.4, -0.2) is 37.8 Å². The first-order valence-electron chi connectivity index (χ1n) is 6.93. The van der Waals surface area contributed by atoms with Crippen molar-refractivity contribution in [3.8, 4) is 0 Å². The summed E-state index contributed by atoms with van der Waals surface area (Å²) < 4.78 is 90.9. The van der Waals surface area contributed by atoms with E-state index in [-0.39, 0.29) is 30.9 Å². The zero-order valence-electron chi connectivity index (χ0n) is 12.8. The lowest BCUT2D eigenvalue weighted by Crippen LogP contribution is -2.46. The van der Waals surface area contributed by atoms with E-state index in [1.54, 1.807) is 0 Å². The van der Waals surface area contributed by atoms with Gasteiger partial charge in [-0.3, -0.25) is 4.90 Å². The molecule has 0 aromatic heterocycles. The monoisotopic (exact) mass is 416 g/mol. The Morgan fingerprint density at radius 2 is 1.52 bits per heavy atom. The van der Waals surface area contributed by atoms with Crippen LogP contribution in [0.4, 0.5) is 30.7 Å². The van der Waals surface area contributed by atoms with Crippen LogP contribution in [0.5, 0.6) is 0 Å². The normalized spacial score (nSPS) is 17.4. The molecule has 146 valence electrons. The van der Waals surface area contributed by atoms with Gasteiger partial charge in [0.25, 0.3) is 0 Å². The van der Waals surface area contributed by atoms with Crippen LogP contribution in [0.1, 0.15) is 22.7 Å². The first kappa shape index (κ1) is 24.2. The molecule has 25 heavy (non-hydrogen) atoms. The van der Waals surface area contributed by atoms with Gasteiger partial charge >= 0.3 is 12.4 Å². The number of hydrogen-bond donors (Lipinski definition) is 1. The summed E-state index contributed by atoms with van der Waals surface area (Å²) in [7, 11) is 0. The fraction of sp³-hybridized carbons (Fsp3) is 0.571. The molecule has 0 saturated carbocycles. The average molecular weight is 417 g/mol. The summed E-state index contributed by atoms with van der Waals surface area (Å²) >= 11 is 0. The minimum atomic E-state index is -4.99. The Morgan fingerprint density at radius 3 is 1.96 bits per heavy atom. The van der Waals surface area contributed by atoms with Gasteiger partial charge in [0, 0.05) is 26.2 Å². The number of hydrogen-bond acceptors (Lipinski definition) is 2. The molecule has 1 fully saturated rings. The number of alkyl halides is 7. The summed E-state index contributed by atoms with van der Waals surface area (Å²) in [5.74, 6) is 0. The second-order valence-corrected chi connectivity index (χ2v) is 5.25. The fourth-order valence-corrected chi connectivity index (χ4v) is 2.64. The zero-order valence-corrected chi connectivity index (χ0v) is 14.4. The fourth-order valence-electron chi connectivity index (χ4n) is 2.64. The third kappa shape index (κ3) is 5.87. The van der Waals surface area contributed by atoms with Crippen LogP contribution in [0, 0.1) is 0 Å². The Hall–Kier alpha value is -0.770. The summed E-state index contributed by atoms with van der Waals surface area (Å²) in [5, 5.41) is 2.98. The maximum Gasteiger partial charge on any atom is 0.416 e. The van der Waals surface area contributed by atoms with E-state index in [0.717, 1.165) is 6.07 Å². The molecule has 0 unspecified atom stereocenters. The van der Waals surface area contributed by atoms with Crippen molar-refractivity contribution in [2.45, 2.75) is 18.4 Å². The summed E-state index contributed by atoms with van der Waals surface area (Å²) in [6, 6.07) is 0.143. The van der Waals surface area contributed by atoms with Crippen molar-refractivity contribution >= 4 is 24.8 Å². The third-order valence-electron chi connectivity index (χ3n) is 3.78. The Labute approximate surface area is 152 Å². The van der Waals surface area contributed by atoms with Crippen LogP contribution >= 0.6 is 24.8 Å². The molecular formula is C14H17Cl2F7N2. The summed E-state index contributed by atoms with van der Waals surface area (Å²) in [5.41, 5.74) is -3.30. The second-order valence-electron chi connectivity index (χ2n) is 5.25. The predicted molar refractivity (Wildman–Crippen MR) is 84.1 cm³/mol. The van der Waals surface area contributed by atoms with Crippen LogP contribution in [0.3, 0.4) is 0 Å². The van der Waals surface area contributed by atoms with Crippen molar-refractivity contribution in [1.82, 2.24) is 10.2 Å². The number of halogens is 9. The highest BCUT2D eigenvalue weighted by Gasteiger charge is 2.40. The van der Waals surface area contributed by atoms with Crippen molar-refractivity contribution in [3.05, 3.63) is 34.9 Å². The number of rotatable bonds is 3. The number of nitrogens with one attached hydrogen (secondary N) is 1. The van der Waals surface area contributed by atoms with Crippen molar-refractivity contribution in [3.63, 3.8) is 0 Å². The van der Waals surface area contributed by atoms with Gasteiger partial charge in [-0.1, -0.05) is 6.07 Å². The molecular weight excluding hydrogens is 400 g/mol. The molecule has 1 aromatic carbocycles. The van der Waals surface area contributed by atoms with E-state index in [2.05, 4.69) is 5.32 Å². The molecule has 0 radical (unpaired) electrons. The molecule has 1 N–H and O–H groups in total. The van der Waals surface area contributed by atoms with Gasteiger partial charge in [-0.25, -0.2) is 4.39 Å². The van der Waals surface area contributed by atoms with E-state index in [9.17, 15) is 30.7 Å². The van der Waals surface area contributed by atoms with Gasteiger partial charge in [0.1, 0.15) is 6.67 Å². The first-order chi connectivity index (χ1) is 10.6. The van der Waals surface area contributed by atoms with Crippen molar-refractivity contribution in [1.29, 1.82) is 0 Å². The lowest BCUT2D eigenvalue weighted by molar-refractivity contribution is -0.143. The lowest BCUT2D eigenvalue weighted by atomic mass is 9.96. The van der Waals surface area contributed by atoms with Gasteiger partial charge in [0.05, 0.1) is 17.2 Å². The smallest absolute Gasteiger partial charge is 0.314 e. The summed E-state index contributed by atoms with van der Waals surface area (Å²) in [4.78, 5) is 1.51. The Bertz CT molecular complexity index is 543. The number of benzene rings is 1. The average Bonchev–Trinajstić information content (AvgIpc) is 2.47. The third-order valence-corrected chi connectivity index (χ3v) is 3.78. The van der Waals surface area contributed by atoms with Crippen molar-refractivity contribution in [2.24, 2.45) is 0 Å². The molecule has 1 aliphatic rings. The highest BCUT2D eigenvalue weighted by Crippen LogP contribution is 2.40. The van der Waals surface area contributed by atoms with Crippen molar-refractivity contribution < 1.29 is 30.7 Å². The van der Waals surface area contributed by atoms with E-state index >= 15 is 0 Å². The van der Waals surface area contributed by atoms with Crippen LogP contribution in [0.15, 0.2) is 18.2 Å². The van der Waals surface area contributed by atoms with E-state index in [1.165, 1.54) is 4.90 Å². The number of piperazine rings is 1. The molecule has 2 nitrogen and oxygen atoms in total. The van der Waals surface area contributed by atoms with Crippen LogP contribution in [0.25, 0.3) is 0 Å². The lowest BCUT2D eigenvalue weighted by Gasteiger charge is -2.35. The maximum absolute atomic E-state index is 13.4. The van der Waals surface area contributed by atoms with Gasteiger partial charge in [-0.05, 0) is 17.7 Å². The Balaban J connectivity index is 0.00000288. The predicted octanol–water partition coefficient (Wildman–Crippen LogP) is 4.48. The van der Waals surface area contributed by atoms with E-state index in [4.69, 9.17) is 0 Å². The van der Waals surface area contributed by atoms with E-state index in [1.807, 2.05) is 0 Å². The molecule has 0 aliphatic carbocycles. The van der Waals surface area contributed by atoms with Gasteiger partial charge in [0.2, 0.25) is 0 Å². The van der Waals surface area contributed by atoms with Crippen LogP contribution in [0.2, 0.25) is 0 Å². The SMILES string of the molecule is Cl.Cl.FC[C@@H](c1ccc(C(F)(F)F)cc1C(F)(F)F)N1CCNCC1. The molecule has 1 heterocycles. The quantitative estimate of drug-likeness (QED) is 0.730. The van der Waals surface area contributed by atoms with Crippen LogP contribution < -0.4 is 5.32 Å². The molecule has 0 spiro atoms. The Morgan fingerprint density at radius 1 is 0.960 bits per heavy atom. The molecule has 11 heteroatoms. The summed E-state index contributed by atoms with van der Waals surface area (Å²) in [6.07, 6.45) is -9.88. The number of nitrogens with zero attached hydrogens (tertiary/aromatic N) is 1. The van der Waals surface area contributed by atoms with Gasteiger partial charge < -0.3 is 5.32 Å². The molecule has 0 amide bonds. The molecule has 0 bridgehead atoms. The second kappa shape index (κ2) is 9.25. The van der Waals surface area contributed by atoms with E-state index < -0.39 is 41.8 Å². The molecule has 1 aromatic rings. The zero-order chi connectivity index (χ0) is 17.3. The molecule has 1 saturated heterocycles. The Kier molecular flexibility index (Phi) is 8.96. The minimum absolute atomic E-state index is 0. The summed E-state index contributed by atoms with van der Waals surface area (Å²) in [6.45, 7) is 0.519. The van der Waals surface area contributed by atoms with Crippen molar-refractivity contribution in [2.75, 3.05) is 32.9 Å². The van der Waals surface area contributed by atoms with Gasteiger partial charge in [0.15, 0.2) is 0 Å². The van der Waals surface area contributed by atoms with Gasteiger partial charge in [-0.15, -0.1) is 24.8 Å². The topological polar surface area (TPSA) is 15.3 Å². The molecule has 2 rings (SSSR count). The maximum atomic E-state index is 13.4.